The Bertz CT molecular complexity index is 546. The molecule has 1 aromatic rings. The van der Waals surface area contributed by atoms with Gasteiger partial charge in [0.05, 0.1) is 6.10 Å². The van der Waals surface area contributed by atoms with Crippen molar-refractivity contribution in [3.8, 4) is 5.75 Å². The molecule has 5 nitrogen and oxygen atoms in total. The molecule has 0 atom stereocenters. The molecule has 1 saturated carbocycles. The average Bonchev–Trinajstić information content (AvgIpc) is 3.24. The van der Waals surface area contributed by atoms with Gasteiger partial charge in [0.1, 0.15) is 11.2 Å². The summed E-state index contributed by atoms with van der Waals surface area (Å²) in [5.41, 5.74) is -0.455. The number of ether oxygens (including phenoxy) is 1. The SMILES string of the molecule is CC(C)Oc1ccc(NC(=O)C(C)(C)C(=O)NC2CC2)cc1. The minimum Gasteiger partial charge on any atom is -0.491 e. The minimum atomic E-state index is -1.10. The molecule has 1 fully saturated rings. The van der Waals surface area contributed by atoms with Crippen LogP contribution < -0.4 is 15.4 Å². The molecule has 0 unspecified atom stereocenters. The molecule has 0 bridgehead atoms. The van der Waals surface area contributed by atoms with Crippen molar-refractivity contribution in [3.05, 3.63) is 24.3 Å². The topological polar surface area (TPSA) is 67.4 Å². The van der Waals surface area contributed by atoms with Crippen LogP contribution in [0.3, 0.4) is 0 Å². The molecule has 2 amide bonds. The fourth-order valence-electron chi connectivity index (χ4n) is 1.87. The summed E-state index contributed by atoms with van der Waals surface area (Å²) < 4.78 is 5.55. The van der Waals surface area contributed by atoms with E-state index in [4.69, 9.17) is 4.74 Å². The molecule has 5 heteroatoms. The first-order valence-corrected chi connectivity index (χ1v) is 7.68. The lowest BCUT2D eigenvalue weighted by Crippen LogP contribution is -2.45. The highest BCUT2D eigenvalue weighted by Crippen LogP contribution is 2.25. The smallest absolute Gasteiger partial charge is 0.239 e. The van der Waals surface area contributed by atoms with Gasteiger partial charge >= 0.3 is 0 Å². The zero-order chi connectivity index (χ0) is 16.3. The number of rotatable bonds is 6. The van der Waals surface area contributed by atoms with Gasteiger partial charge in [0.15, 0.2) is 0 Å². The van der Waals surface area contributed by atoms with Gasteiger partial charge in [-0.15, -0.1) is 0 Å². The van der Waals surface area contributed by atoms with Crippen LogP contribution in [0, 0.1) is 5.41 Å². The number of hydrogen-bond acceptors (Lipinski definition) is 3. The molecule has 0 spiro atoms. The number of carbonyl (C=O) groups is 2. The summed E-state index contributed by atoms with van der Waals surface area (Å²) in [5.74, 6) is 0.203. The van der Waals surface area contributed by atoms with E-state index in [1.165, 1.54) is 0 Å². The lowest BCUT2D eigenvalue weighted by atomic mass is 9.91. The third-order valence-electron chi connectivity index (χ3n) is 3.53. The predicted octanol–water partition coefficient (Wildman–Crippen LogP) is 2.72. The van der Waals surface area contributed by atoms with Crippen molar-refractivity contribution in [1.82, 2.24) is 5.32 Å². The maximum absolute atomic E-state index is 12.3. The molecule has 2 N–H and O–H groups in total. The van der Waals surface area contributed by atoms with Crippen molar-refractivity contribution in [3.63, 3.8) is 0 Å². The van der Waals surface area contributed by atoms with E-state index in [0.29, 0.717) is 5.69 Å². The molecule has 22 heavy (non-hydrogen) atoms. The fraction of sp³-hybridized carbons (Fsp3) is 0.529. The van der Waals surface area contributed by atoms with Crippen molar-refractivity contribution in [1.29, 1.82) is 0 Å². The molecule has 0 aliphatic heterocycles. The molecular formula is C17H24N2O3. The normalized spacial score (nSPS) is 14.6. The third-order valence-corrected chi connectivity index (χ3v) is 3.53. The zero-order valence-corrected chi connectivity index (χ0v) is 13.6. The first-order valence-electron chi connectivity index (χ1n) is 7.68. The van der Waals surface area contributed by atoms with E-state index in [2.05, 4.69) is 10.6 Å². The van der Waals surface area contributed by atoms with Crippen LogP contribution in [0.2, 0.25) is 0 Å². The monoisotopic (exact) mass is 304 g/mol. The van der Waals surface area contributed by atoms with E-state index >= 15 is 0 Å². The number of nitrogens with one attached hydrogen (secondary N) is 2. The first-order chi connectivity index (χ1) is 10.3. The van der Waals surface area contributed by atoms with E-state index in [1.54, 1.807) is 38.1 Å². The van der Waals surface area contributed by atoms with Crippen molar-refractivity contribution >= 4 is 17.5 Å². The summed E-state index contributed by atoms with van der Waals surface area (Å²) in [6.07, 6.45) is 2.10. The van der Waals surface area contributed by atoms with Gasteiger partial charge in [0.2, 0.25) is 11.8 Å². The van der Waals surface area contributed by atoms with Gasteiger partial charge in [-0.2, -0.15) is 0 Å². The van der Waals surface area contributed by atoms with Crippen LogP contribution in [0.25, 0.3) is 0 Å². The maximum Gasteiger partial charge on any atom is 0.239 e. The van der Waals surface area contributed by atoms with Crippen LogP contribution in [0.15, 0.2) is 24.3 Å². The van der Waals surface area contributed by atoms with Crippen LogP contribution in [0.5, 0.6) is 5.75 Å². The standard InChI is InChI=1S/C17H24N2O3/c1-11(2)22-14-9-7-13(8-10-14)19-16(21)17(3,4)15(20)18-12-5-6-12/h7-12H,5-6H2,1-4H3,(H,18,20)(H,19,21). The third kappa shape index (κ3) is 4.23. The fourth-order valence-corrected chi connectivity index (χ4v) is 1.87. The molecule has 0 heterocycles. The molecule has 1 aliphatic carbocycles. The minimum absolute atomic E-state index is 0.102. The largest absolute Gasteiger partial charge is 0.491 e. The maximum atomic E-state index is 12.3. The molecule has 0 aromatic heterocycles. The van der Waals surface area contributed by atoms with Gasteiger partial charge in [-0.3, -0.25) is 9.59 Å². The van der Waals surface area contributed by atoms with Crippen LogP contribution in [-0.4, -0.2) is 24.0 Å². The molecule has 0 radical (unpaired) electrons. The first kappa shape index (κ1) is 16.3. The highest BCUT2D eigenvalue weighted by atomic mass is 16.5. The summed E-state index contributed by atoms with van der Waals surface area (Å²) in [5, 5.41) is 5.65. The second-order valence-corrected chi connectivity index (χ2v) is 6.52. The van der Waals surface area contributed by atoms with Crippen molar-refractivity contribution in [2.45, 2.75) is 52.7 Å². The predicted molar refractivity (Wildman–Crippen MR) is 85.8 cm³/mol. The van der Waals surface area contributed by atoms with Gasteiger partial charge < -0.3 is 15.4 Å². The second-order valence-electron chi connectivity index (χ2n) is 6.52. The van der Waals surface area contributed by atoms with Gasteiger partial charge in [-0.05, 0) is 64.8 Å². The van der Waals surface area contributed by atoms with Gasteiger partial charge in [0.25, 0.3) is 0 Å². The van der Waals surface area contributed by atoms with Gasteiger partial charge in [0, 0.05) is 11.7 Å². The van der Waals surface area contributed by atoms with E-state index in [9.17, 15) is 9.59 Å². The van der Waals surface area contributed by atoms with Gasteiger partial charge in [-0.25, -0.2) is 0 Å². The number of carbonyl (C=O) groups excluding carboxylic acids is 2. The molecule has 120 valence electrons. The Balaban J connectivity index is 1.96. The highest BCUT2D eigenvalue weighted by molar-refractivity contribution is 6.10. The van der Waals surface area contributed by atoms with Crippen molar-refractivity contribution in [2.24, 2.45) is 5.41 Å². The summed E-state index contributed by atoms with van der Waals surface area (Å²) >= 11 is 0. The van der Waals surface area contributed by atoms with Crippen LogP contribution >= 0.6 is 0 Å². The quantitative estimate of drug-likeness (QED) is 0.794. The van der Waals surface area contributed by atoms with Crippen molar-refractivity contribution < 1.29 is 14.3 Å². The summed E-state index contributed by atoms with van der Waals surface area (Å²) in [7, 11) is 0. The van der Waals surface area contributed by atoms with Crippen LogP contribution in [-0.2, 0) is 9.59 Å². The zero-order valence-electron chi connectivity index (χ0n) is 13.6. The molecule has 0 saturated heterocycles. The number of benzene rings is 1. The Morgan fingerprint density at radius 2 is 1.73 bits per heavy atom. The highest BCUT2D eigenvalue weighted by Gasteiger charge is 2.38. The Hall–Kier alpha value is -2.04. The van der Waals surface area contributed by atoms with Gasteiger partial charge in [-0.1, -0.05) is 0 Å². The lowest BCUT2D eigenvalue weighted by molar-refractivity contribution is -0.138. The molecular weight excluding hydrogens is 280 g/mol. The van der Waals surface area contributed by atoms with E-state index in [1.807, 2.05) is 13.8 Å². The van der Waals surface area contributed by atoms with Crippen LogP contribution in [0.1, 0.15) is 40.5 Å². The molecule has 1 aromatic carbocycles. The summed E-state index contributed by atoms with van der Waals surface area (Å²) in [6, 6.07) is 7.38. The Morgan fingerprint density at radius 3 is 2.23 bits per heavy atom. The average molecular weight is 304 g/mol. The molecule has 2 rings (SSSR count). The van der Waals surface area contributed by atoms with E-state index in [0.717, 1.165) is 18.6 Å². The number of amides is 2. The number of anilines is 1. The van der Waals surface area contributed by atoms with E-state index in [-0.39, 0.29) is 24.0 Å². The van der Waals surface area contributed by atoms with Crippen molar-refractivity contribution in [2.75, 3.05) is 5.32 Å². The second kappa shape index (κ2) is 6.38. The Kier molecular flexibility index (Phi) is 4.74. The lowest BCUT2D eigenvalue weighted by Gasteiger charge is -2.22. The summed E-state index contributed by atoms with van der Waals surface area (Å²) in [4.78, 5) is 24.5. The Labute approximate surface area is 131 Å². The molecule has 1 aliphatic rings. The number of hydrogen-bond donors (Lipinski definition) is 2. The van der Waals surface area contributed by atoms with Crippen LogP contribution in [0.4, 0.5) is 5.69 Å². The van der Waals surface area contributed by atoms with E-state index < -0.39 is 5.41 Å². The summed E-state index contributed by atoms with van der Waals surface area (Å²) in [6.45, 7) is 7.18. The Morgan fingerprint density at radius 1 is 1.14 bits per heavy atom.